The van der Waals surface area contributed by atoms with Crippen molar-refractivity contribution in [2.75, 3.05) is 31.2 Å². The number of rotatable bonds is 10. The summed E-state index contributed by atoms with van der Waals surface area (Å²) in [5, 5.41) is 25.8. The Hall–Kier alpha value is -4.49. The number of halogens is 2. The highest BCUT2D eigenvalue weighted by Gasteiger charge is 2.43. The molecule has 2 N–H and O–H groups in total. The molecule has 5 heterocycles. The number of carboxylic acids is 1. The Morgan fingerprint density at radius 2 is 1.90 bits per heavy atom. The Balaban J connectivity index is 1.18. The number of phenols is 1. The van der Waals surface area contributed by atoms with E-state index in [4.69, 9.17) is 32.9 Å². The number of carbonyl (C=O) groups is 2. The minimum atomic E-state index is -1.06. The van der Waals surface area contributed by atoms with Crippen LogP contribution in [0.5, 0.6) is 5.75 Å². The Morgan fingerprint density at radius 3 is 2.65 bits per heavy atom. The Bertz CT molecular complexity index is 1980. The number of piperazine rings is 1. The maximum atomic E-state index is 13.9. The first-order valence-electron chi connectivity index (χ1n) is 15.6. The first-order valence-corrected chi connectivity index (χ1v) is 16.4. The zero-order valence-corrected chi connectivity index (χ0v) is 27.6. The van der Waals surface area contributed by atoms with Crippen LogP contribution in [0.15, 0.2) is 67.1 Å². The quantitative estimate of drug-likeness (QED) is 0.190. The molecule has 3 unspecified atom stereocenters. The van der Waals surface area contributed by atoms with Gasteiger partial charge in [0, 0.05) is 38.2 Å². The smallest absolute Gasteiger partial charge is 0.335 e. The van der Waals surface area contributed by atoms with Gasteiger partial charge in [0.05, 0.1) is 82.4 Å². The summed E-state index contributed by atoms with van der Waals surface area (Å²) in [6.45, 7) is 5.43. The molecule has 2 aromatic carbocycles. The summed E-state index contributed by atoms with van der Waals surface area (Å²) in [6, 6.07) is 13.3. The van der Waals surface area contributed by atoms with Crippen LogP contribution in [-0.4, -0.2) is 89.6 Å². The molecule has 2 aliphatic rings. The van der Waals surface area contributed by atoms with Crippen LogP contribution in [0.4, 0.5) is 5.69 Å². The van der Waals surface area contributed by atoms with Crippen molar-refractivity contribution in [2.45, 2.75) is 44.6 Å². The largest absolute Gasteiger partial charge is 0.507 e. The van der Waals surface area contributed by atoms with Crippen LogP contribution in [0.25, 0.3) is 11.0 Å². The van der Waals surface area contributed by atoms with Gasteiger partial charge < -0.3 is 24.4 Å². The maximum absolute atomic E-state index is 13.9. The molecule has 2 fully saturated rings. The molecule has 0 amide bonds. The van der Waals surface area contributed by atoms with E-state index in [1.807, 2.05) is 27.6 Å². The van der Waals surface area contributed by atoms with E-state index in [9.17, 15) is 19.8 Å². The van der Waals surface area contributed by atoms with Crippen molar-refractivity contribution in [3.63, 3.8) is 0 Å². The number of aryl methyl sites for hydroxylation is 2. The number of Topliss-reactive ketones (excluding diaryl/α,β-unsaturated/α-hetero) is 1. The molecule has 2 aliphatic heterocycles. The number of aromatic hydroxyl groups is 1. The average Bonchev–Trinajstić information content (AvgIpc) is 3.85. The molecule has 2 saturated heterocycles. The fourth-order valence-electron chi connectivity index (χ4n) is 6.80. The van der Waals surface area contributed by atoms with E-state index in [-0.39, 0.29) is 39.8 Å². The van der Waals surface area contributed by atoms with Crippen molar-refractivity contribution < 1.29 is 24.5 Å². The predicted octanol–water partition coefficient (Wildman–Crippen LogP) is 5.11. The molecule has 7 rings (SSSR count). The molecule has 0 aliphatic carbocycles. The van der Waals surface area contributed by atoms with Crippen molar-refractivity contribution in [1.82, 2.24) is 29.2 Å². The van der Waals surface area contributed by atoms with Gasteiger partial charge in [0.15, 0.2) is 5.78 Å². The lowest BCUT2D eigenvalue weighted by molar-refractivity contribution is 0.0696. The Kier molecular flexibility index (Phi) is 8.82. The van der Waals surface area contributed by atoms with E-state index in [0.717, 1.165) is 5.82 Å². The number of benzene rings is 2. The summed E-state index contributed by atoms with van der Waals surface area (Å²) in [7, 11) is 0. The Morgan fingerprint density at radius 1 is 1.06 bits per heavy atom. The molecule has 12 nitrogen and oxygen atoms in total. The van der Waals surface area contributed by atoms with Gasteiger partial charge in [0.1, 0.15) is 17.1 Å². The van der Waals surface area contributed by atoms with Crippen LogP contribution >= 0.6 is 23.2 Å². The van der Waals surface area contributed by atoms with Crippen molar-refractivity contribution in [3.05, 3.63) is 99.8 Å². The molecule has 0 radical (unpaired) electrons. The predicted molar refractivity (Wildman–Crippen MR) is 180 cm³/mol. The van der Waals surface area contributed by atoms with Gasteiger partial charge in [-0.2, -0.15) is 5.10 Å². The number of pyridine rings is 1. The number of nitrogens with zero attached hydrogens (tertiary/aromatic N) is 7. The lowest BCUT2D eigenvalue weighted by Gasteiger charge is -2.45. The highest BCUT2D eigenvalue weighted by Crippen LogP contribution is 2.38. The molecule has 3 atom stereocenters. The van der Waals surface area contributed by atoms with Crippen LogP contribution in [0.2, 0.25) is 10.0 Å². The number of phenolic OH excluding ortho intramolecular Hbond substituents is 1. The second kappa shape index (κ2) is 13.2. The molecule has 5 aromatic rings. The van der Waals surface area contributed by atoms with E-state index in [1.54, 1.807) is 37.4 Å². The van der Waals surface area contributed by atoms with Crippen LogP contribution in [0.1, 0.15) is 45.1 Å². The Labute approximate surface area is 286 Å². The fourth-order valence-corrected chi connectivity index (χ4v) is 7.16. The fraction of sp³-hybridized carbons (Fsp3) is 0.324. The van der Waals surface area contributed by atoms with Gasteiger partial charge in [-0.1, -0.05) is 29.3 Å². The molecule has 0 bridgehead atoms. The third kappa shape index (κ3) is 6.00. The number of carboxylic acid groups (broad SMARTS) is 1. The first kappa shape index (κ1) is 32.1. The van der Waals surface area contributed by atoms with Crippen molar-refractivity contribution >= 4 is 51.7 Å². The zero-order valence-electron chi connectivity index (χ0n) is 26.0. The van der Waals surface area contributed by atoms with E-state index >= 15 is 0 Å². The summed E-state index contributed by atoms with van der Waals surface area (Å²) in [5.41, 5.74) is 2.76. The van der Waals surface area contributed by atoms with Crippen LogP contribution in [-0.2, 0) is 24.4 Å². The van der Waals surface area contributed by atoms with Gasteiger partial charge in [-0.15, -0.1) is 0 Å². The SMILES string of the molecule is CC(C(=O)c1c(O)cccc1N1CCN(Cc2nc3c(Cl)cc(C(=O)O)cc3n2CCn2cccn2)C2COCC21)c1ccc(Cl)cn1. The molecule has 48 heavy (non-hydrogen) atoms. The summed E-state index contributed by atoms with van der Waals surface area (Å²) in [5.74, 6) is -1.24. The third-order valence-electron chi connectivity index (χ3n) is 9.27. The first-order chi connectivity index (χ1) is 23.2. The van der Waals surface area contributed by atoms with Gasteiger partial charge in [-0.3, -0.25) is 19.4 Å². The molecule has 0 spiro atoms. The van der Waals surface area contributed by atoms with Gasteiger partial charge >= 0.3 is 5.97 Å². The molecule has 248 valence electrons. The molecule has 3 aromatic heterocycles. The maximum Gasteiger partial charge on any atom is 0.335 e. The number of ether oxygens (including phenoxy) is 1. The van der Waals surface area contributed by atoms with Gasteiger partial charge in [-0.25, -0.2) is 9.78 Å². The van der Waals surface area contributed by atoms with E-state index in [0.29, 0.717) is 73.4 Å². The van der Waals surface area contributed by atoms with Crippen LogP contribution in [0, 0.1) is 0 Å². The number of fused-ring (bicyclic) bond motifs is 2. The van der Waals surface area contributed by atoms with Gasteiger partial charge in [0.2, 0.25) is 0 Å². The molecule has 14 heteroatoms. The monoisotopic (exact) mass is 689 g/mol. The van der Waals surface area contributed by atoms with Crippen molar-refractivity contribution in [3.8, 4) is 5.75 Å². The van der Waals surface area contributed by atoms with Crippen LogP contribution in [0.3, 0.4) is 0 Å². The second-order valence-electron chi connectivity index (χ2n) is 12.1. The van der Waals surface area contributed by atoms with Gasteiger partial charge in [-0.05, 0) is 49.4 Å². The topological polar surface area (TPSA) is 139 Å². The average molecular weight is 691 g/mol. The number of hydrogen-bond donors (Lipinski definition) is 2. The number of hydrogen-bond acceptors (Lipinski definition) is 9. The summed E-state index contributed by atoms with van der Waals surface area (Å²) < 4.78 is 9.87. The number of ketones is 1. The second-order valence-corrected chi connectivity index (χ2v) is 12.9. The molecule has 0 saturated carbocycles. The standard InChI is InChI=1S/C34H33Cl2N7O5/c1-20(24-7-6-22(35)16-37-24)33(45)31-25(4-2-5-29(31)44)42-12-10-40(27-18-48-19-28(27)42)17-30-39-32-23(36)14-21(34(46)47)15-26(32)43(30)13-11-41-9-3-8-38-41/h2-9,14-16,20,27-28,44H,10-13,17-19H2,1H3,(H,46,47). The highest BCUT2D eigenvalue weighted by atomic mass is 35.5. The highest BCUT2D eigenvalue weighted by molar-refractivity contribution is 6.35. The normalized spacial score (nSPS) is 18.7. The minimum absolute atomic E-state index is 0.0381. The molecular formula is C34H33Cl2N7O5. The van der Waals surface area contributed by atoms with E-state index in [1.165, 1.54) is 18.3 Å². The third-order valence-corrected chi connectivity index (χ3v) is 9.78. The number of anilines is 1. The zero-order chi connectivity index (χ0) is 33.5. The van der Waals surface area contributed by atoms with E-state index in [2.05, 4.69) is 19.9 Å². The van der Waals surface area contributed by atoms with Crippen molar-refractivity contribution in [2.24, 2.45) is 0 Å². The summed E-state index contributed by atoms with van der Waals surface area (Å²) in [6.07, 6.45) is 5.10. The minimum Gasteiger partial charge on any atom is -0.507 e. The summed E-state index contributed by atoms with van der Waals surface area (Å²) >= 11 is 12.6. The van der Waals surface area contributed by atoms with Crippen molar-refractivity contribution in [1.29, 1.82) is 0 Å². The number of imidazole rings is 1. The molecular weight excluding hydrogens is 657 g/mol. The summed E-state index contributed by atoms with van der Waals surface area (Å²) in [4.78, 5) is 39.5. The lowest BCUT2D eigenvalue weighted by atomic mass is 9.92. The lowest BCUT2D eigenvalue weighted by Crippen LogP contribution is -2.59. The number of aromatic nitrogens is 5. The number of carbonyl (C=O) groups excluding carboxylic acids is 1. The van der Waals surface area contributed by atoms with Gasteiger partial charge in [0.25, 0.3) is 0 Å². The number of aromatic carboxylic acids is 1. The van der Waals surface area contributed by atoms with Crippen LogP contribution < -0.4 is 4.90 Å². The van der Waals surface area contributed by atoms with E-state index < -0.39 is 11.9 Å².